The molecule has 0 aliphatic rings. The molecule has 0 heterocycles. The first kappa shape index (κ1) is 18.8. The minimum atomic E-state index is -0.371. The van der Waals surface area contributed by atoms with Crippen LogP contribution in [0, 0.1) is 6.92 Å². The average molecular weight is 361 g/mol. The first-order valence-electron chi connectivity index (χ1n) is 7.94. The molecule has 6 heteroatoms. The lowest BCUT2D eigenvalue weighted by Crippen LogP contribution is -2.29. The Labute approximate surface area is 152 Å². The molecular weight excluding hydrogens is 340 g/mol. The van der Waals surface area contributed by atoms with E-state index in [2.05, 4.69) is 10.6 Å². The molecule has 0 bridgehead atoms. The van der Waals surface area contributed by atoms with Gasteiger partial charge in [-0.25, -0.2) is 0 Å². The second-order valence-corrected chi connectivity index (χ2v) is 6.00. The number of halogens is 1. The molecule has 5 nitrogen and oxygen atoms in total. The number of carbonyl (C=O) groups is 2. The maximum Gasteiger partial charge on any atom is 0.233 e. The number of benzene rings is 2. The van der Waals surface area contributed by atoms with Crippen molar-refractivity contribution < 1.29 is 14.3 Å². The molecule has 0 aliphatic carbocycles. The van der Waals surface area contributed by atoms with Crippen molar-refractivity contribution >= 4 is 29.1 Å². The van der Waals surface area contributed by atoms with E-state index in [1.807, 2.05) is 31.2 Å². The fourth-order valence-corrected chi connectivity index (χ4v) is 2.49. The van der Waals surface area contributed by atoms with Gasteiger partial charge in [0.05, 0.1) is 7.11 Å². The van der Waals surface area contributed by atoms with Crippen molar-refractivity contribution in [2.24, 2.45) is 0 Å². The van der Waals surface area contributed by atoms with Gasteiger partial charge in [-0.1, -0.05) is 29.8 Å². The standard InChI is InChI=1S/C19H21ClN2O3/c1-13-16(20)7-4-8-17(13)22-19(24)12-18(23)21-10-9-14-5-3-6-15(11-14)25-2/h3-8,11H,9-10,12H2,1-2H3,(H,21,23)(H,22,24). The summed E-state index contributed by atoms with van der Waals surface area (Å²) in [6.45, 7) is 2.27. The van der Waals surface area contributed by atoms with Crippen LogP contribution in [0.1, 0.15) is 17.5 Å². The molecule has 0 aromatic heterocycles. The summed E-state index contributed by atoms with van der Waals surface area (Å²) < 4.78 is 5.16. The van der Waals surface area contributed by atoms with E-state index in [4.69, 9.17) is 16.3 Å². The van der Waals surface area contributed by atoms with Gasteiger partial charge in [0.25, 0.3) is 0 Å². The third-order valence-corrected chi connectivity index (χ3v) is 4.14. The largest absolute Gasteiger partial charge is 0.497 e. The van der Waals surface area contributed by atoms with Crippen molar-refractivity contribution in [2.45, 2.75) is 19.8 Å². The Morgan fingerprint density at radius 1 is 1.12 bits per heavy atom. The molecule has 2 rings (SSSR count). The van der Waals surface area contributed by atoms with Crippen LogP contribution in [0.15, 0.2) is 42.5 Å². The number of amides is 2. The molecule has 2 aromatic carbocycles. The molecule has 2 amide bonds. The van der Waals surface area contributed by atoms with Crippen LogP contribution in [0.25, 0.3) is 0 Å². The van der Waals surface area contributed by atoms with Crippen molar-refractivity contribution in [2.75, 3.05) is 19.0 Å². The normalized spacial score (nSPS) is 10.2. The van der Waals surface area contributed by atoms with Crippen LogP contribution in [0.4, 0.5) is 5.69 Å². The maximum absolute atomic E-state index is 12.0. The smallest absolute Gasteiger partial charge is 0.233 e. The lowest BCUT2D eigenvalue weighted by Gasteiger charge is -2.10. The molecule has 0 fully saturated rings. The highest BCUT2D eigenvalue weighted by atomic mass is 35.5. The van der Waals surface area contributed by atoms with Crippen LogP contribution in [-0.4, -0.2) is 25.5 Å². The van der Waals surface area contributed by atoms with Gasteiger partial charge in [-0.15, -0.1) is 0 Å². The zero-order chi connectivity index (χ0) is 18.2. The second-order valence-electron chi connectivity index (χ2n) is 5.59. The lowest BCUT2D eigenvalue weighted by molar-refractivity contribution is -0.126. The van der Waals surface area contributed by atoms with Crippen molar-refractivity contribution in [1.29, 1.82) is 0 Å². The van der Waals surface area contributed by atoms with Crippen LogP contribution < -0.4 is 15.4 Å². The second kappa shape index (κ2) is 9.08. The number of hydrogen-bond donors (Lipinski definition) is 2. The van der Waals surface area contributed by atoms with Gasteiger partial charge in [0, 0.05) is 17.3 Å². The van der Waals surface area contributed by atoms with E-state index < -0.39 is 0 Å². The van der Waals surface area contributed by atoms with E-state index in [9.17, 15) is 9.59 Å². The summed E-state index contributed by atoms with van der Waals surface area (Å²) in [6, 6.07) is 12.9. The Morgan fingerprint density at radius 3 is 2.64 bits per heavy atom. The summed E-state index contributed by atoms with van der Waals surface area (Å²) in [4.78, 5) is 23.9. The van der Waals surface area contributed by atoms with Gasteiger partial charge in [-0.3, -0.25) is 9.59 Å². The first-order chi connectivity index (χ1) is 12.0. The van der Waals surface area contributed by atoms with Crippen molar-refractivity contribution in [3.63, 3.8) is 0 Å². The van der Waals surface area contributed by atoms with Gasteiger partial charge in [-0.2, -0.15) is 0 Å². The number of carbonyl (C=O) groups excluding carboxylic acids is 2. The Hall–Kier alpha value is -2.53. The molecule has 2 N–H and O–H groups in total. The average Bonchev–Trinajstić information content (AvgIpc) is 2.59. The van der Waals surface area contributed by atoms with E-state index in [0.717, 1.165) is 16.9 Å². The van der Waals surface area contributed by atoms with Crippen LogP contribution in [0.5, 0.6) is 5.75 Å². The van der Waals surface area contributed by atoms with Gasteiger partial charge in [0.15, 0.2) is 0 Å². The summed E-state index contributed by atoms with van der Waals surface area (Å²) in [5.41, 5.74) is 2.44. The van der Waals surface area contributed by atoms with Gasteiger partial charge in [0.2, 0.25) is 11.8 Å². The van der Waals surface area contributed by atoms with E-state index in [1.54, 1.807) is 25.3 Å². The van der Waals surface area contributed by atoms with Crippen molar-refractivity contribution in [3.05, 3.63) is 58.6 Å². The van der Waals surface area contributed by atoms with Crippen LogP contribution in [-0.2, 0) is 16.0 Å². The summed E-state index contributed by atoms with van der Waals surface area (Å²) in [7, 11) is 1.61. The van der Waals surface area contributed by atoms with E-state index in [0.29, 0.717) is 23.7 Å². The molecule has 0 saturated heterocycles. The van der Waals surface area contributed by atoms with E-state index in [-0.39, 0.29) is 18.2 Å². The maximum atomic E-state index is 12.0. The number of hydrogen-bond acceptors (Lipinski definition) is 3. The van der Waals surface area contributed by atoms with Crippen LogP contribution in [0.3, 0.4) is 0 Å². The van der Waals surface area contributed by atoms with Crippen molar-refractivity contribution in [1.82, 2.24) is 5.32 Å². The van der Waals surface area contributed by atoms with Gasteiger partial charge in [0.1, 0.15) is 12.2 Å². The molecule has 2 aromatic rings. The minimum absolute atomic E-state index is 0.232. The number of anilines is 1. The Balaban J connectivity index is 1.77. The zero-order valence-electron chi connectivity index (χ0n) is 14.3. The predicted molar refractivity (Wildman–Crippen MR) is 99.1 cm³/mol. The quantitative estimate of drug-likeness (QED) is 0.744. The highest BCUT2D eigenvalue weighted by Crippen LogP contribution is 2.22. The van der Waals surface area contributed by atoms with Gasteiger partial charge >= 0.3 is 0 Å². The molecule has 0 unspecified atom stereocenters. The molecule has 0 saturated carbocycles. The van der Waals surface area contributed by atoms with Gasteiger partial charge in [-0.05, 0) is 48.7 Å². The fourth-order valence-electron chi connectivity index (χ4n) is 2.32. The van der Waals surface area contributed by atoms with E-state index in [1.165, 1.54) is 0 Å². The highest BCUT2D eigenvalue weighted by molar-refractivity contribution is 6.31. The minimum Gasteiger partial charge on any atom is -0.497 e. The molecule has 25 heavy (non-hydrogen) atoms. The molecule has 0 spiro atoms. The number of nitrogens with one attached hydrogen (secondary N) is 2. The molecule has 0 aliphatic heterocycles. The fraction of sp³-hybridized carbons (Fsp3) is 0.263. The highest BCUT2D eigenvalue weighted by Gasteiger charge is 2.11. The Bertz CT molecular complexity index is 762. The molecule has 0 atom stereocenters. The number of ether oxygens (including phenoxy) is 1. The summed E-state index contributed by atoms with van der Waals surface area (Å²) in [5, 5.41) is 6.02. The summed E-state index contributed by atoms with van der Waals surface area (Å²) >= 11 is 6.01. The SMILES string of the molecule is COc1cccc(CCNC(=O)CC(=O)Nc2cccc(Cl)c2C)c1. The molecular formula is C19H21ClN2O3. The molecule has 0 radical (unpaired) electrons. The van der Waals surface area contributed by atoms with Gasteiger partial charge < -0.3 is 15.4 Å². The Morgan fingerprint density at radius 2 is 1.88 bits per heavy atom. The third kappa shape index (κ3) is 5.80. The number of methoxy groups -OCH3 is 1. The van der Waals surface area contributed by atoms with Crippen LogP contribution in [0.2, 0.25) is 5.02 Å². The topological polar surface area (TPSA) is 67.4 Å². The molecule has 132 valence electrons. The predicted octanol–water partition coefficient (Wildman–Crippen LogP) is 3.34. The zero-order valence-corrected chi connectivity index (χ0v) is 15.0. The first-order valence-corrected chi connectivity index (χ1v) is 8.32. The number of rotatable bonds is 7. The van der Waals surface area contributed by atoms with Crippen molar-refractivity contribution in [3.8, 4) is 5.75 Å². The third-order valence-electron chi connectivity index (χ3n) is 3.73. The lowest BCUT2D eigenvalue weighted by atomic mass is 10.1. The van der Waals surface area contributed by atoms with E-state index >= 15 is 0 Å². The Kier molecular flexibility index (Phi) is 6.83. The monoisotopic (exact) mass is 360 g/mol. The summed E-state index contributed by atoms with van der Waals surface area (Å²) in [5.74, 6) is 0.0874. The summed E-state index contributed by atoms with van der Waals surface area (Å²) in [6.07, 6.45) is 0.433. The van der Waals surface area contributed by atoms with Crippen LogP contribution >= 0.6 is 11.6 Å².